The average molecular weight is 367 g/mol. The first-order valence-corrected chi connectivity index (χ1v) is 6.94. The van der Waals surface area contributed by atoms with Crippen molar-refractivity contribution in [1.82, 2.24) is 15.2 Å². The normalized spacial score (nSPS) is 10.3. The molecule has 1 aromatic heterocycles. The van der Waals surface area contributed by atoms with E-state index in [2.05, 4.69) is 10.3 Å². The second-order valence-electron chi connectivity index (χ2n) is 3.79. The van der Waals surface area contributed by atoms with Crippen LogP contribution >= 0.6 is 46.4 Å². The molecule has 3 rings (SSSR count). The molecule has 5 nitrogen and oxygen atoms in total. The Bertz CT molecular complexity index is 765. The zero-order valence-electron chi connectivity index (χ0n) is 10.1. The van der Waals surface area contributed by atoms with Crippen molar-refractivity contribution in [2.24, 2.45) is 0 Å². The molecule has 0 saturated carbocycles. The molecular weight excluding hydrogens is 360 g/mol. The molecule has 3 aromatic rings. The van der Waals surface area contributed by atoms with Gasteiger partial charge < -0.3 is 10.3 Å². The maximum atomic E-state index is 9.05. The summed E-state index contributed by atoms with van der Waals surface area (Å²) in [4.78, 5) is 0.759. The largest absolute Gasteiger partial charge is 0.506 e. The van der Waals surface area contributed by atoms with Crippen LogP contribution in [0.5, 0.6) is 5.75 Å². The Labute approximate surface area is 139 Å². The standard InChI is InChI=1S/C6H2Cl4O.C6H5N3O/c7-2-1-3(11)5(9)6(10)4(2)8;10-9-6-4-2-1-3-5(6)7-8-9/h1,11H;1-4,10H. The number of para-hydroxylation sites is 1. The van der Waals surface area contributed by atoms with Gasteiger partial charge in [-0.15, -0.1) is 5.10 Å². The molecule has 0 aliphatic rings. The lowest BCUT2D eigenvalue weighted by Gasteiger charge is -2.02. The van der Waals surface area contributed by atoms with Crippen molar-refractivity contribution >= 4 is 57.4 Å². The van der Waals surface area contributed by atoms with E-state index in [1.807, 2.05) is 12.1 Å². The van der Waals surface area contributed by atoms with Crippen molar-refractivity contribution in [3.63, 3.8) is 0 Å². The molecule has 0 aliphatic carbocycles. The molecule has 0 fully saturated rings. The first-order valence-electron chi connectivity index (χ1n) is 5.43. The Morgan fingerprint density at radius 2 is 1.62 bits per heavy atom. The fourth-order valence-electron chi connectivity index (χ4n) is 1.42. The third-order valence-corrected chi connectivity index (χ3v) is 4.16. The number of halogens is 4. The van der Waals surface area contributed by atoms with E-state index in [4.69, 9.17) is 56.7 Å². The zero-order chi connectivity index (χ0) is 15.6. The van der Waals surface area contributed by atoms with Crippen LogP contribution in [0, 0.1) is 0 Å². The van der Waals surface area contributed by atoms with Crippen LogP contribution in [0.25, 0.3) is 11.0 Å². The summed E-state index contributed by atoms with van der Waals surface area (Å²) in [5.74, 6) is -0.175. The Balaban J connectivity index is 0.000000154. The number of hydrogen-bond acceptors (Lipinski definition) is 4. The second-order valence-corrected chi connectivity index (χ2v) is 5.33. The highest BCUT2D eigenvalue weighted by atomic mass is 35.5. The molecule has 110 valence electrons. The lowest BCUT2D eigenvalue weighted by Crippen LogP contribution is -1.90. The van der Waals surface area contributed by atoms with Gasteiger partial charge in [0.1, 0.15) is 21.8 Å². The van der Waals surface area contributed by atoms with Gasteiger partial charge in [-0.05, 0) is 17.3 Å². The van der Waals surface area contributed by atoms with Crippen LogP contribution in [0.1, 0.15) is 0 Å². The number of aromatic hydroxyl groups is 1. The average Bonchev–Trinajstić information content (AvgIpc) is 2.86. The molecule has 0 aliphatic heterocycles. The lowest BCUT2D eigenvalue weighted by atomic mass is 10.3. The molecule has 0 radical (unpaired) electrons. The minimum absolute atomic E-state index is 0.0149. The predicted octanol–water partition coefficient (Wildman–Crippen LogP) is 4.67. The number of phenolic OH excluding ortho intramolecular Hbond substituents is 1. The lowest BCUT2D eigenvalue weighted by molar-refractivity contribution is 0.155. The smallest absolute Gasteiger partial charge is 0.137 e. The summed E-state index contributed by atoms with van der Waals surface area (Å²) in [7, 11) is 0. The van der Waals surface area contributed by atoms with Gasteiger partial charge in [-0.1, -0.05) is 63.4 Å². The minimum atomic E-state index is -0.175. The first kappa shape index (κ1) is 16.0. The molecule has 21 heavy (non-hydrogen) atoms. The van der Waals surface area contributed by atoms with Gasteiger partial charge in [-0.3, -0.25) is 0 Å². The number of hydrogen-bond donors (Lipinski definition) is 2. The second kappa shape index (κ2) is 6.58. The van der Waals surface area contributed by atoms with E-state index in [1.165, 1.54) is 6.07 Å². The number of aromatic nitrogens is 3. The van der Waals surface area contributed by atoms with Crippen LogP contribution in [0.4, 0.5) is 0 Å². The summed E-state index contributed by atoms with van der Waals surface area (Å²) in [5, 5.41) is 25.5. The molecule has 2 N–H and O–H groups in total. The summed E-state index contributed by atoms with van der Waals surface area (Å²) < 4.78 is 0. The van der Waals surface area contributed by atoms with Crippen LogP contribution < -0.4 is 0 Å². The number of benzene rings is 2. The van der Waals surface area contributed by atoms with E-state index >= 15 is 0 Å². The highest BCUT2D eigenvalue weighted by Gasteiger charge is 2.11. The molecule has 0 saturated heterocycles. The third kappa shape index (κ3) is 3.44. The van der Waals surface area contributed by atoms with Gasteiger partial charge in [-0.2, -0.15) is 0 Å². The molecule has 9 heteroatoms. The van der Waals surface area contributed by atoms with E-state index in [1.54, 1.807) is 12.1 Å². The van der Waals surface area contributed by atoms with Crippen molar-refractivity contribution in [2.45, 2.75) is 0 Å². The maximum Gasteiger partial charge on any atom is 0.137 e. The quantitative estimate of drug-likeness (QED) is 0.344. The van der Waals surface area contributed by atoms with Crippen LogP contribution in [0.2, 0.25) is 20.1 Å². The van der Waals surface area contributed by atoms with Gasteiger partial charge in [0.2, 0.25) is 0 Å². The summed E-state index contributed by atoms with van der Waals surface area (Å²) in [6.45, 7) is 0. The van der Waals surface area contributed by atoms with Gasteiger partial charge in [0.15, 0.2) is 0 Å². The fraction of sp³-hybridized carbons (Fsp3) is 0. The van der Waals surface area contributed by atoms with Crippen molar-refractivity contribution < 1.29 is 10.3 Å². The van der Waals surface area contributed by atoms with Crippen molar-refractivity contribution in [3.8, 4) is 5.75 Å². The number of rotatable bonds is 0. The summed E-state index contributed by atoms with van der Waals surface area (Å²) in [5.41, 5.74) is 1.33. The highest BCUT2D eigenvalue weighted by Crippen LogP contribution is 2.41. The van der Waals surface area contributed by atoms with E-state index in [9.17, 15) is 0 Å². The van der Waals surface area contributed by atoms with Crippen LogP contribution in [0.15, 0.2) is 30.3 Å². The molecule has 2 aromatic carbocycles. The molecule has 1 heterocycles. The van der Waals surface area contributed by atoms with E-state index < -0.39 is 0 Å². The fourth-order valence-corrected chi connectivity index (χ4v) is 2.21. The molecule has 0 atom stereocenters. The van der Waals surface area contributed by atoms with Gasteiger partial charge in [0.05, 0.1) is 15.1 Å². The SMILES string of the molecule is Oc1cc(Cl)c(Cl)c(Cl)c1Cl.On1nnc2ccccc21. The maximum absolute atomic E-state index is 9.05. The van der Waals surface area contributed by atoms with Gasteiger partial charge in [0.25, 0.3) is 0 Å². The molecule has 0 unspecified atom stereocenters. The number of fused-ring (bicyclic) bond motifs is 1. The van der Waals surface area contributed by atoms with Gasteiger partial charge in [0, 0.05) is 6.07 Å². The van der Waals surface area contributed by atoms with E-state index in [0.717, 1.165) is 4.85 Å². The van der Waals surface area contributed by atoms with Crippen molar-refractivity contribution in [3.05, 3.63) is 50.4 Å². The first-order chi connectivity index (χ1) is 9.91. The monoisotopic (exact) mass is 365 g/mol. The predicted molar refractivity (Wildman–Crippen MR) is 82.9 cm³/mol. The van der Waals surface area contributed by atoms with E-state index in [0.29, 0.717) is 11.0 Å². The van der Waals surface area contributed by atoms with Crippen molar-refractivity contribution in [2.75, 3.05) is 0 Å². The Kier molecular flexibility index (Phi) is 5.00. The topological polar surface area (TPSA) is 71.2 Å². The van der Waals surface area contributed by atoms with E-state index in [-0.39, 0.29) is 25.8 Å². The third-order valence-electron chi connectivity index (χ3n) is 2.42. The Morgan fingerprint density at radius 3 is 2.29 bits per heavy atom. The molecule has 0 bridgehead atoms. The molecule has 0 amide bonds. The molecular formula is C12H7Cl4N3O2. The Morgan fingerprint density at radius 1 is 0.952 bits per heavy atom. The zero-order valence-corrected chi connectivity index (χ0v) is 13.2. The summed E-state index contributed by atoms with van der Waals surface area (Å²) >= 11 is 22.3. The minimum Gasteiger partial charge on any atom is -0.506 e. The van der Waals surface area contributed by atoms with Crippen LogP contribution in [0.3, 0.4) is 0 Å². The Hall–Kier alpha value is -1.40. The summed E-state index contributed by atoms with van der Waals surface area (Å²) in [6.07, 6.45) is 0. The van der Waals surface area contributed by atoms with Crippen LogP contribution in [-0.4, -0.2) is 25.5 Å². The van der Waals surface area contributed by atoms with Gasteiger partial charge in [-0.25, -0.2) is 0 Å². The number of phenols is 1. The molecule has 0 spiro atoms. The van der Waals surface area contributed by atoms with Crippen LogP contribution in [-0.2, 0) is 0 Å². The number of nitrogens with zero attached hydrogens (tertiary/aromatic N) is 3. The highest BCUT2D eigenvalue weighted by molar-refractivity contribution is 6.52. The van der Waals surface area contributed by atoms with Crippen molar-refractivity contribution in [1.29, 1.82) is 0 Å². The summed E-state index contributed by atoms with van der Waals surface area (Å²) in [6, 6.07) is 8.43. The van der Waals surface area contributed by atoms with Gasteiger partial charge >= 0.3 is 0 Å².